The highest BCUT2D eigenvalue weighted by Crippen LogP contribution is 2.31. The van der Waals surface area contributed by atoms with Gasteiger partial charge in [-0.3, -0.25) is 4.79 Å². The first kappa shape index (κ1) is 16.1. The van der Waals surface area contributed by atoms with E-state index in [-0.39, 0.29) is 23.0 Å². The van der Waals surface area contributed by atoms with Crippen LogP contribution < -0.4 is 5.56 Å². The molecule has 0 unspecified atom stereocenters. The first-order chi connectivity index (χ1) is 10.3. The maximum absolute atomic E-state index is 12.9. The van der Waals surface area contributed by atoms with Crippen LogP contribution in [0.3, 0.4) is 0 Å². The second-order valence-corrected chi connectivity index (χ2v) is 4.98. The molecule has 8 heteroatoms. The summed E-state index contributed by atoms with van der Waals surface area (Å²) in [5.74, 6) is 2.31. The second-order valence-electron chi connectivity index (χ2n) is 4.21. The quantitative estimate of drug-likeness (QED) is 0.494. The molecule has 0 fully saturated rings. The smallest absolute Gasteiger partial charge is 0.303 e. The highest BCUT2D eigenvalue weighted by molar-refractivity contribution is 7.98. The zero-order chi connectivity index (χ0) is 16.3. The Morgan fingerprint density at radius 2 is 2.09 bits per heavy atom. The van der Waals surface area contributed by atoms with Gasteiger partial charge in [-0.05, 0) is 18.4 Å². The lowest BCUT2D eigenvalue weighted by atomic mass is 10.2. The minimum atomic E-state index is -4.57. The molecule has 0 N–H and O–H groups in total. The van der Waals surface area contributed by atoms with Crippen LogP contribution in [0.5, 0.6) is 0 Å². The predicted octanol–water partition coefficient (Wildman–Crippen LogP) is 2.68. The zero-order valence-corrected chi connectivity index (χ0v) is 12.2. The zero-order valence-electron chi connectivity index (χ0n) is 11.4. The van der Waals surface area contributed by atoms with Crippen LogP contribution in [0, 0.1) is 12.3 Å². The van der Waals surface area contributed by atoms with Crippen molar-refractivity contribution in [2.75, 3.05) is 6.26 Å². The molecule has 114 valence electrons. The van der Waals surface area contributed by atoms with E-state index in [1.807, 2.05) is 0 Å². The maximum atomic E-state index is 12.9. The second kappa shape index (κ2) is 6.23. The number of aromatic nitrogens is 3. The lowest BCUT2D eigenvalue weighted by molar-refractivity contribution is -0.141. The number of halogens is 3. The average molecular weight is 325 g/mol. The topological polar surface area (TPSA) is 47.8 Å². The van der Waals surface area contributed by atoms with E-state index in [1.54, 1.807) is 6.26 Å². The molecule has 2 heterocycles. The van der Waals surface area contributed by atoms with Crippen molar-refractivity contribution in [2.24, 2.45) is 0 Å². The van der Waals surface area contributed by atoms with Gasteiger partial charge in [-0.2, -0.15) is 13.2 Å². The third kappa shape index (κ3) is 3.49. The Morgan fingerprint density at radius 3 is 2.68 bits per heavy atom. The molecule has 2 rings (SSSR count). The largest absolute Gasteiger partial charge is 0.433 e. The first-order valence-corrected chi connectivity index (χ1v) is 7.22. The molecule has 0 spiro atoms. The van der Waals surface area contributed by atoms with Gasteiger partial charge < -0.3 is 4.57 Å². The fraction of sp³-hybridized carbons (Fsp3) is 0.214. The van der Waals surface area contributed by atoms with E-state index in [0.717, 1.165) is 17.8 Å². The Kier molecular flexibility index (Phi) is 4.56. The van der Waals surface area contributed by atoms with E-state index in [9.17, 15) is 18.0 Å². The highest BCUT2D eigenvalue weighted by Gasteiger charge is 2.33. The summed E-state index contributed by atoms with van der Waals surface area (Å²) in [5, 5.41) is -0.000440. The summed E-state index contributed by atoms with van der Waals surface area (Å²) in [6.45, 7) is 0.0271. The number of rotatable bonds is 3. The number of hydrogen-bond donors (Lipinski definition) is 0. The molecule has 4 nitrogen and oxygen atoms in total. The molecule has 0 bridgehead atoms. The van der Waals surface area contributed by atoms with Crippen molar-refractivity contribution >= 4 is 11.8 Å². The molecule has 0 saturated heterocycles. The number of thioether (sulfide) groups is 1. The molecular weight excluding hydrogens is 315 g/mol. The Hall–Kier alpha value is -2.27. The third-order valence-electron chi connectivity index (χ3n) is 2.72. The van der Waals surface area contributed by atoms with Crippen LogP contribution >= 0.6 is 11.8 Å². The summed E-state index contributed by atoms with van der Waals surface area (Å²) in [7, 11) is 0. The minimum Gasteiger partial charge on any atom is -0.303 e. The molecule has 2 aromatic rings. The van der Waals surface area contributed by atoms with Crippen molar-refractivity contribution in [2.45, 2.75) is 17.9 Å². The normalized spacial score (nSPS) is 11.2. The van der Waals surface area contributed by atoms with Crippen LogP contribution in [-0.4, -0.2) is 20.8 Å². The number of pyridine rings is 1. The van der Waals surface area contributed by atoms with Crippen molar-refractivity contribution in [3.8, 4) is 23.6 Å². The molecule has 0 saturated carbocycles. The summed E-state index contributed by atoms with van der Waals surface area (Å²) in [6.07, 6.45) is 3.55. The lowest BCUT2D eigenvalue weighted by Crippen LogP contribution is -2.18. The number of hydrogen-bond acceptors (Lipinski definition) is 4. The van der Waals surface area contributed by atoms with Gasteiger partial charge in [-0.1, -0.05) is 17.7 Å². The van der Waals surface area contributed by atoms with Crippen molar-refractivity contribution in [3.05, 3.63) is 40.4 Å². The monoisotopic (exact) mass is 325 g/mol. The van der Waals surface area contributed by atoms with Crippen molar-refractivity contribution in [1.82, 2.24) is 14.5 Å². The maximum Gasteiger partial charge on any atom is 0.433 e. The molecule has 0 amide bonds. The van der Waals surface area contributed by atoms with E-state index < -0.39 is 11.9 Å². The summed E-state index contributed by atoms with van der Waals surface area (Å²) in [6, 6.07) is 3.49. The van der Waals surface area contributed by atoms with Crippen LogP contribution in [0.15, 0.2) is 34.3 Å². The van der Waals surface area contributed by atoms with Gasteiger partial charge in [-0.25, -0.2) is 9.97 Å². The lowest BCUT2D eigenvalue weighted by Gasteiger charge is -2.10. The van der Waals surface area contributed by atoms with Gasteiger partial charge in [0.25, 0.3) is 5.56 Å². The van der Waals surface area contributed by atoms with Crippen LogP contribution in [-0.2, 0) is 12.7 Å². The predicted molar refractivity (Wildman–Crippen MR) is 77.3 cm³/mol. The number of nitrogens with zero attached hydrogens (tertiary/aromatic N) is 3. The summed E-state index contributed by atoms with van der Waals surface area (Å²) in [4.78, 5) is 19.1. The van der Waals surface area contributed by atoms with Gasteiger partial charge in [0.05, 0.1) is 12.2 Å². The van der Waals surface area contributed by atoms with Gasteiger partial charge in [-0.15, -0.1) is 6.42 Å². The van der Waals surface area contributed by atoms with E-state index in [1.165, 1.54) is 22.9 Å². The molecule has 0 aliphatic carbocycles. The molecule has 0 radical (unpaired) electrons. The summed E-state index contributed by atoms with van der Waals surface area (Å²) in [5.41, 5.74) is -0.927. The van der Waals surface area contributed by atoms with Gasteiger partial charge in [0.15, 0.2) is 5.16 Å². The number of alkyl halides is 3. The molecule has 0 aromatic carbocycles. The Balaban J connectivity index is 2.60. The van der Waals surface area contributed by atoms with Gasteiger partial charge >= 0.3 is 6.18 Å². The van der Waals surface area contributed by atoms with Crippen molar-refractivity contribution < 1.29 is 13.2 Å². The summed E-state index contributed by atoms with van der Waals surface area (Å²) >= 11 is 1.00. The van der Waals surface area contributed by atoms with Crippen molar-refractivity contribution in [3.63, 3.8) is 0 Å². The Labute approximate surface area is 128 Å². The first-order valence-electron chi connectivity index (χ1n) is 5.99. The Bertz CT molecular complexity index is 793. The van der Waals surface area contributed by atoms with Crippen molar-refractivity contribution in [1.29, 1.82) is 0 Å². The number of terminal acetylenes is 1. The molecule has 0 aliphatic rings. The van der Waals surface area contributed by atoms with E-state index in [2.05, 4.69) is 15.9 Å². The standard InChI is InChI=1S/C14H10F3N3OS/c1-3-6-20-8-9(4-5-12(20)21)10-7-11(14(15,16)17)19-13(18-10)22-2/h1,4-5,7-8H,6H2,2H3. The SMILES string of the molecule is C#CCn1cc(-c2cc(C(F)(F)F)nc(SC)n2)ccc1=O. The molecule has 2 aromatic heterocycles. The fourth-order valence-electron chi connectivity index (χ4n) is 1.71. The third-order valence-corrected chi connectivity index (χ3v) is 3.27. The molecule has 0 atom stereocenters. The molecular formula is C14H10F3N3OS. The highest BCUT2D eigenvalue weighted by atomic mass is 32.2. The minimum absolute atomic E-state index is 0.000440. The summed E-state index contributed by atoms with van der Waals surface area (Å²) < 4.78 is 39.9. The molecule has 22 heavy (non-hydrogen) atoms. The molecule has 0 aliphatic heterocycles. The van der Waals surface area contributed by atoms with E-state index in [0.29, 0.717) is 5.56 Å². The fourth-order valence-corrected chi connectivity index (χ4v) is 2.09. The van der Waals surface area contributed by atoms with E-state index >= 15 is 0 Å². The van der Waals surface area contributed by atoms with Crippen LogP contribution in [0.1, 0.15) is 5.69 Å². The van der Waals surface area contributed by atoms with Gasteiger partial charge in [0.2, 0.25) is 0 Å². The van der Waals surface area contributed by atoms with E-state index in [4.69, 9.17) is 6.42 Å². The Morgan fingerprint density at radius 1 is 1.36 bits per heavy atom. The van der Waals surface area contributed by atoms with Gasteiger partial charge in [0.1, 0.15) is 5.69 Å². The average Bonchev–Trinajstić information content (AvgIpc) is 2.48. The van der Waals surface area contributed by atoms with Gasteiger partial charge in [0, 0.05) is 17.8 Å². The van der Waals surface area contributed by atoms with Crippen LogP contribution in [0.4, 0.5) is 13.2 Å². The van der Waals surface area contributed by atoms with Crippen LogP contribution in [0.2, 0.25) is 0 Å². The van der Waals surface area contributed by atoms with Crippen LogP contribution in [0.25, 0.3) is 11.3 Å².